The van der Waals surface area contributed by atoms with Gasteiger partial charge in [-0.2, -0.15) is 0 Å². The van der Waals surface area contributed by atoms with Crippen molar-refractivity contribution in [2.45, 2.75) is 12.9 Å². The van der Waals surface area contributed by atoms with Gasteiger partial charge in [-0.05, 0) is 29.8 Å². The second kappa shape index (κ2) is 5.99. The van der Waals surface area contributed by atoms with Gasteiger partial charge in [-0.1, -0.05) is 18.2 Å². The Morgan fingerprint density at radius 3 is 2.24 bits per heavy atom. The van der Waals surface area contributed by atoms with Gasteiger partial charge in [0.25, 0.3) is 0 Å². The first-order chi connectivity index (χ1) is 9.85. The van der Waals surface area contributed by atoms with Gasteiger partial charge in [0.15, 0.2) is 11.6 Å². The van der Waals surface area contributed by atoms with Gasteiger partial charge in [0.2, 0.25) is 0 Å². The minimum absolute atomic E-state index is 0.0226. The molecule has 1 N–H and O–H groups in total. The summed E-state index contributed by atoms with van der Waals surface area (Å²) in [5.74, 6) is -2.33. The summed E-state index contributed by atoms with van der Waals surface area (Å²) in [4.78, 5) is 0. The monoisotopic (exact) mass is 303 g/mol. The highest BCUT2D eigenvalue weighted by Crippen LogP contribution is 2.23. The highest BCUT2D eigenvalue weighted by molar-refractivity contribution is 5.45. The molecule has 0 fully saturated rings. The minimum atomic E-state index is -4.75. The number of benzene rings is 2. The van der Waals surface area contributed by atoms with Crippen LogP contribution in [-0.2, 0) is 6.54 Å². The van der Waals surface area contributed by atoms with E-state index in [0.717, 1.165) is 18.2 Å². The van der Waals surface area contributed by atoms with Gasteiger partial charge in [0, 0.05) is 6.54 Å². The molecule has 2 aromatic carbocycles. The number of anilines is 1. The van der Waals surface area contributed by atoms with Crippen LogP contribution in [0.25, 0.3) is 0 Å². The Morgan fingerprint density at radius 2 is 1.62 bits per heavy atom. The smallest absolute Gasteiger partial charge is 0.406 e. The summed E-state index contributed by atoms with van der Waals surface area (Å²) in [5.41, 5.74) is 0.568. The fraction of sp³-hybridized carbons (Fsp3) is 0.143. The predicted molar refractivity (Wildman–Crippen MR) is 66.8 cm³/mol. The molecule has 7 heteroatoms. The lowest BCUT2D eigenvalue weighted by molar-refractivity contribution is -0.274. The molecule has 0 amide bonds. The Hall–Kier alpha value is -2.31. The van der Waals surface area contributed by atoms with Crippen molar-refractivity contribution in [3.63, 3.8) is 0 Å². The van der Waals surface area contributed by atoms with E-state index in [1.165, 1.54) is 24.3 Å². The van der Waals surface area contributed by atoms with E-state index >= 15 is 0 Å². The molecule has 0 unspecified atom stereocenters. The predicted octanol–water partition coefficient (Wildman–Crippen LogP) is 4.48. The highest BCUT2D eigenvalue weighted by Gasteiger charge is 2.30. The SMILES string of the molecule is Fc1cccc(NCc2ccc(OC(F)(F)F)cc2)c1F. The Morgan fingerprint density at radius 1 is 0.952 bits per heavy atom. The van der Waals surface area contributed by atoms with E-state index in [1.807, 2.05) is 0 Å². The lowest BCUT2D eigenvalue weighted by Gasteiger charge is -2.10. The van der Waals surface area contributed by atoms with Crippen LogP contribution in [0.15, 0.2) is 42.5 Å². The van der Waals surface area contributed by atoms with Crippen molar-refractivity contribution in [1.82, 2.24) is 0 Å². The van der Waals surface area contributed by atoms with Gasteiger partial charge in [-0.25, -0.2) is 8.78 Å². The molecule has 21 heavy (non-hydrogen) atoms. The lowest BCUT2D eigenvalue weighted by atomic mass is 10.2. The van der Waals surface area contributed by atoms with E-state index in [-0.39, 0.29) is 18.0 Å². The molecule has 0 radical (unpaired) electrons. The van der Waals surface area contributed by atoms with Crippen LogP contribution in [0.3, 0.4) is 0 Å². The Kier molecular flexibility index (Phi) is 4.30. The maximum atomic E-state index is 13.4. The van der Waals surface area contributed by atoms with E-state index in [4.69, 9.17) is 0 Å². The first-order valence-corrected chi connectivity index (χ1v) is 5.88. The van der Waals surface area contributed by atoms with Crippen molar-refractivity contribution in [3.05, 3.63) is 59.7 Å². The number of halogens is 5. The molecule has 2 rings (SSSR count). The van der Waals surface area contributed by atoms with E-state index < -0.39 is 18.0 Å². The second-order valence-electron chi connectivity index (χ2n) is 4.15. The van der Waals surface area contributed by atoms with Crippen molar-refractivity contribution in [2.75, 3.05) is 5.32 Å². The fourth-order valence-electron chi connectivity index (χ4n) is 1.65. The fourth-order valence-corrected chi connectivity index (χ4v) is 1.65. The average molecular weight is 303 g/mol. The topological polar surface area (TPSA) is 21.3 Å². The summed E-state index contributed by atoms with van der Waals surface area (Å²) in [6.07, 6.45) is -4.75. The van der Waals surface area contributed by atoms with Crippen molar-refractivity contribution in [2.24, 2.45) is 0 Å². The van der Waals surface area contributed by atoms with Crippen LogP contribution in [0.5, 0.6) is 5.75 Å². The van der Waals surface area contributed by atoms with Crippen molar-refractivity contribution >= 4 is 5.69 Å². The number of nitrogens with one attached hydrogen (secondary N) is 1. The molecule has 2 aromatic rings. The quantitative estimate of drug-likeness (QED) is 0.841. The molecule has 0 saturated carbocycles. The van der Waals surface area contributed by atoms with Gasteiger partial charge in [0.1, 0.15) is 5.75 Å². The molecule has 2 nitrogen and oxygen atoms in total. The third kappa shape index (κ3) is 4.34. The molecular weight excluding hydrogens is 293 g/mol. The average Bonchev–Trinajstić information content (AvgIpc) is 2.40. The van der Waals surface area contributed by atoms with E-state index in [2.05, 4.69) is 10.1 Å². The molecule has 0 bridgehead atoms. The van der Waals surface area contributed by atoms with Crippen LogP contribution in [0.4, 0.5) is 27.6 Å². The number of rotatable bonds is 4. The van der Waals surface area contributed by atoms with Crippen LogP contribution in [0.2, 0.25) is 0 Å². The molecule has 0 aromatic heterocycles. The summed E-state index contributed by atoms with van der Waals surface area (Å²) in [6.45, 7) is 0.132. The molecule has 0 saturated heterocycles. The summed E-state index contributed by atoms with van der Waals surface area (Å²) < 4.78 is 66.0. The van der Waals surface area contributed by atoms with E-state index in [9.17, 15) is 22.0 Å². The third-order valence-electron chi connectivity index (χ3n) is 2.59. The van der Waals surface area contributed by atoms with Gasteiger partial charge in [-0.15, -0.1) is 13.2 Å². The first kappa shape index (κ1) is 15.1. The second-order valence-corrected chi connectivity index (χ2v) is 4.15. The normalized spacial score (nSPS) is 11.3. The molecule has 112 valence electrons. The zero-order chi connectivity index (χ0) is 15.5. The molecule has 0 aliphatic heterocycles. The Balaban J connectivity index is 1.99. The molecule has 0 heterocycles. The van der Waals surface area contributed by atoms with E-state index in [1.54, 1.807) is 0 Å². The molecule has 0 aliphatic carbocycles. The molecule has 0 atom stereocenters. The Bertz CT molecular complexity index is 610. The van der Waals surface area contributed by atoms with Crippen molar-refractivity contribution < 1.29 is 26.7 Å². The molecular formula is C14H10F5NO. The van der Waals surface area contributed by atoms with Crippen LogP contribution < -0.4 is 10.1 Å². The first-order valence-electron chi connectivity index (χ1n) is 5.88. The largest absolute Gasteiger partial charge is 0.573 e. The summed E-state index contributed by atoms with van der Waals surface area (Å²) >= 11 is 0. The molecule has 0 aliphatic rings. The number of ether oxygens (including phenoxy) is 1. The Labute approximate surface area is 117 Å². The number of hydrogen-bond donors (Lipinski definition) is 1. The summed E-state index contributed by atoms with van der Waals surface area (Å²) in [7, 11) is 0. The van der Waals surface area contributed by atoms with E-state index in [0.29, 0.717) is 5.56 Å². The zero-order valence-corrected chi connectivity index (χ0v) is 10.5. The van der Waals surface area contributed by atoms with Gasteiger partial charge in [-0.3, -0.25) is 0 Å². The van der Waals surface area contributed by atoms with Gasteiger partial charge in [0.05, 0.1) is 5.69 Å². The maximum Gasteiger partial charge on any atom is 0.573 e. The third-order valence-corrected chi connectivity index (χ3v) is 2.59. The van der Waals surface area contributed by atoms with Crippen LogP contribution in [-0.4, -0.2) is 6.36 Å². The van der Waals surface area contributed by atoms with Crippen LogP contribution in [0, 0.1) is 11.6 Å². The number of hydrogen-bond acceptors (Lipinski definition) is 2. The summed E-state index contributed by atoms with van der Waals surface area (Å²) in [6, 6.07) is 8.78. The summed E-state index contributed by atoms with van der Waals surface area (Å²) in [5, 5.41) is 2.66. The standard InChI is InChI=1S/C14H10F5NO/c15-11-2-1-3-12(13(11)16)20-8-9-4-6-10(7-5-9)21-14(17,18)19/h1-7,20H,8H2. The van der Waals surface area contributed by atoms with Gasteiger partial charge < -0.3 is 10.1 Å². The van der Waals surface area contributed by atoms with Crippen molar-refractivity contribution in [1.29, 1.82) is 0 Å². The van der Waals surface area contributed by atoms with Crippen molar-refractivity contribution in [3.8, 4) is 5.75 Å². The van der Waals surface area contributed by atoms with Crippen LogP contribution in [0.1, 0.15) is 5.56 Å². The number of alkyl halides is 3. The van der Waals surface area contributed by atoms with Gasteiger partial charge >= 0.3 is 6.36 Å². The van der Waals surface area contributed by atoms with Crippen LogP contribution >= 0.6 is 0 Å². The minimum Gasteiger partial charge on any atom is -0.406 e. The zero-order valence-electron chi connectivity index (χ0n) is 10.5. The maximum absolute atomic E-state index is 13.4. The molecule has 0 spiro atoms. The lowest BCUT2D eigenvalue weighted by Crippen LogP contribution is -2.17. The highest BCUT2D eigenvalue weighted by atomic mass is 19.4.